The summed E-state index contributed by atoms with van der Waals surface area (Å²) in [6.45, 7) is 3.04. The molecule has 5 aromatic rings. The summed E-state index contributed by atoms with van der Waals surface area (Å²) < 4.78 is 38.1. The lowest BCUT2D eigenvalue weighted by Crippen LogP contribution is -2.36. The molecule has 3 aromatic carbocycles. The molecule has 7 rings (SSSR count). The lowest BCUT2D eigenvalue weighted by Gasteiger charge is -2.24. The van der Waals surface area contributed by atoms with Gasteiger partial charge in [0.05, 0.1) is 21.3 Å². The third-order valence-electron chi connectivity index (χ3n) is 7.27. The van der Waals surface area contributed by atoms with Gasteiger partial charge in [-0.2, -0.15) is 4.39 Å². The van der Waals surface area contributed by atoms with Gasteiger partial charge in [0.15, 0.2) is 17.3 Å². The van der Waals surface area contributed by atoms with E-state index in [0.29, 0.717) is 18.8 Å². The number of aromatic nitrogens is 2. The molecule has 1 saturated heterocycles. The van der Waals surface area contributed by atoms with Crippen molar-refractivity contribution in [2.75, 3.05) is 26.2 Å². The van der Waals surface area contributed by atoms with Crippen LogP contribution in [0.1, 0.15) is 23.2 Å². The highest BCUT2D eigenvalue weighted by Crippen LogP contribution is 2.44. The quantitative estimate of drug-likeness (QED) is 0.311. The lowest BCUT2D eigenvalue weighted by atomic mass is 10.1. The highest BCUT2D eigenvalue weighted by molar-refractivity contribution is 7.21. The van der Waals surface area contributed by atoms with E-state index in [9.17, 15) is 18.4 Å². The normalized spacial score (nSPS) is 14.5. The molecular weight excluding hydrogens is 522 g/mol. The second-order valence-electron chi connectivity index (χ2n) is 9.72. The van der Waals surface area contributed by atoms with Crippen LogP contribution in [-0.4, -0.2) is 46.5 Å². The Hall–Kier alpha value is -4.15. The second kappa shape index (κ2) is 9.25. The molecule has 0 unspecified atom stereocenters. The van der Waals surface area contributed by atoms with Crippen LogP contribution in [0, 0.1) is 11.6 Å². The monoisotopic (exact) mass is 544 g/mol. The zero-order valence-electron chi connectivity index (χ0n) is 20.7. The Morgan fingerprint density at radius 1 is 1.10 bits per heavy atom. The zero-order valence-corrected chi connectivity index (χ0v) is 21.5. The fourth-order valence-electron chi connectivity index (χ4n) is 5.31. The van der Waals surface area contributed by atoms with Crippen LogP contribution in [0.3, 0.4) is 0 Å². The maximum Gasteiger partial charge on any atom is 0.256 e. The number of likely N-dealkylation sites (tertiary alicyclic amines) is 1. The number of carbonyl (C=O) groups excluding carboxylic acids is 1. The second-order valence-corrected chi connectivity index (χ2v) is 10.7. The average Bonchev–Trinajstić information content (AvgIpc) is 3.62. The summed E-state index contributed by atoms with van der Waals surface area (Å²) in [6.07, 6.45) is 3.65. The number of thiazole rings is 1. The van der Waals surface area contributed by atoms with Crippen molar-refractivity contribution < 1.29 is 18.3 Å². The van der Waals surface area contributed by atoms with Crippen molar-refractivity contribution in [3.8, 4) is 27.8 Å². The highest BCUT2D eigenvalue weighted by Gasteiger charge is 2.29. The summed E-state index contributed by atoms with van der Waals surface area (Å²) >= 11 is 1.51. The molecule has 0 bridgehead atoms. The van der Waals surface area contributed by atoms with Crippen LogP contribution in [0.4, 0.5) is 8.78 Å². The molecular formula is C29H22F2N4O3S. The van der Waals surface area contributed by atoms with Crippen LogP contribution >= 0.6 is 11.3 Å². The van der Waals surface area contributed by atoms with Gasteiger partial charge in [-0.1, -0.05) is 12.1 Å². The number of para-hydroxylation sites is 1. The van der Waals surface area contributed by atoms with Gasteiger partial charge in [0.1, 0.15) is 16.1 Å². The van der Waals surface area contributed by atoms with Crippen molar-refractivity contribution in [2.45, 2.75) is 12.8 Å². The van der Waals surface area contributed by atoms with Crippen LogP contribution in [0.2, 0.25) is 0 Å². The number of hydrogen-bond donors (Lipinski definition) is 1. The van der Waals surface area contributed by atoms with Crippen molar-refractivity contribution in [1.29, 1.82) is 0 Å². The number of benzene rings is 3. The number of fused-ring (bicyclic) bond motifs is 3. The predicted molar refractivity (Wildman–Crippen MR) is 146 cm³/mol. The maximum absolute atomic E-state index is 15.0. The molecule has 196 valence electrons. The summed E-state index contributed by atoms with van der Waals surface area (Å²) in [4.78, 5) is 33.3. The van der Waals surface area contributed by atoms with E-state index in [-0.39, 0.29) is 22.2 Å². The first-order chi connectivity index (χ1) is 19.0. The van der Waals surface area contributed by atoms with Gasteiger partial charge in [-0.25, -0.2) is 9.37 Å². The summed E-state index contributed by atoms with van der Waals surface area (Å²) in [7, 11) is 0. The Morgan fingerprint density at radius 2 is 1.92 bits per heavy atom. The van der Waals surface area contributed by atoms with Crippen molar-refractivity contribution >= 4 is 38.4 Å². The van der Waals surface area contributed by atoms with E-state index in [1.165, 1.54) is 22.1 Å². The fourth-order valence-corrected chi connectivity index (χ4v) is 6.27. The Bertz CT molecular complexity index is 1830. The number of rotatable bonds is 5. The molecule has 2 aliphatic heterocycles. The third kappa shape index (κ3) is 3.98. The van der Waals surface area contributed by atoms with E-state index in [2.05, 4.69) is 15.2 Å². The molecule has 1 N–H and O–H groups in total. The minimum atomic E-state index is -1.22. The Kier molecular flexibility index (Phi) is 5.67. The van der Waals surface area contributed by atoms with Crippen LogP contribution in [0.25, 0.3) is 37.4 Å². The molecule has 2 aromatic heterocycles. The summed E-state index contributed by atoms with van der Waals surface area (Å²) in [5.41, 5.74) is 1.34. The topological polar surface area (TPSA) is 76.5 Å². The number of carbonyl (C=O) groups is 1. The van der Waals surface area contributed by atoms with E-state index in [1.54, 1.807) is 12.1 Å². The highest BCUT2D eigenvalue weighted by atomic mass is 32.1. The lowest BCUT2D eigenvalue weighted by molar-refractivity contribution is 0.0948. The molecule has 7 nitrogen and oxygen atoms in total. The van der Waals surface area contributed by atoms with Crippen molar-refractivity contribution in [2.24, 2.45) is 0 Å². The molecule has 4 heterocycles. The number of ether oxygens (including phenoxy) is 1. The van der Waals surface area contributed by atoms with E-state index in [0.717, 1.165) is 52.8 Å². The van der Waals surface area contributed by atoms with E-state index in [1.807, 2.05) is 30.3 Å². The van der Waals surface area contributed by atoms with E-state index in [4.69, 9.17) is 4.74 Å². The molecule has 0 spiro atoms. The molecule has 1 amide bonds. The molecule has 2 aliphatic rings. The zero-order chi connectivity index (χ0) is 26.7. The fraction of sp³-hybridized carbons (Fsp3) is 0.207. The number of nitrogens with zero attached hydrogens (tertiary/aromatic N) is 3. The summed E-state index contributed by atoms with van der Waals surface area (Å²) in [5.74, 6) is -3.12. The molecule has 0 radical (unpaired) electrons. The third-order valence-corrected chi connectivity index (χ3v) is 8.35. The van der Waals surface area contributed by atoms with Crippen LogP contribution in [0.5, 0.6) is 11.5 Å². The van der Waals surface area contributed by atoms with Gasteiger partial charge >= 0.3 is 0 Å². The van der Waals surface area contributed by atoms with Gasteiger partial charge in [-0.3, -0.25) is 9.59 Å². The first kappa shape index (κ1) is 23.9. The number of pyridine rings is 1. The predicted octanol–water partition coefficient (Wildman–Crippen LogP) is 5.48. The van der Waals surface area contributed by atoms with Gasteiger partial charge in [0.25, 0.3) is 5.91 Å². The SMILES string of the molecule is O=C(NCCN1CCCC1)c1cn2c3c(c(F)c(F)cc3c1=O)Oc1cc(-c3nc4ccccc4s3)ccc1-2. The minimum Gasteiger partial charge on any atom is -0.450 e. The summed E-state index contributed by atoms with van der Waals surface area (Å²) in [6, 6.07) is 13.9. The van der Waals surface area contributed by atoms with Crippen LogP contribution in [0.15, 0.2) is 59.5 Å². The smallest absolute Gasteiger partial charge is 0.256 e. The maximum atomic E-state index is 15.0. The molecule has 1 fully saturated rings. The number of amides is 1. The van der Waals surface area contributed by atoms with Crippen molar-refractivity contribution in [3.05, 3.63) is 82.1 Å². The average molecular weight is 545 g/mol. The first-order valence-electron chi connectivity index (χ1n) is 12.7. The Morgan fingerprint density at radius 3 is 2.74 bits per heavy atom. The molecule has 39 heavy (non-hydrogen) atoms. The summed E-state index contributed by atoms with van der Waals surface area (Å²) in [5, 5.41) is 3.43. The van der Waals surface area contributed by atoms with Gasteiger partial charge in [0.2, 0.25) is 11.2 Å². The van der Waals surface area contributed by atoms with E-state index >= 15 is 0 Å². The minimum absolute atomic E-state index is 0.0766. The van der Waals surface area contributed by atoms with Crippen molar-refractivity contribution in [3.63, 3.8) is 0 Å². The molecule has 10 heteroatoms. The molecule has 0 aliphatic carbocycles. The van der Waals surface area contributed by atoms with Crippen LogP contribution < -0.4 is 15.5 Å². The van der Waals surface area contributed by atoms with Crippen LogP contribution in [-0.2, 0) is 0 Å². The van der Waals surface area contributed by atoms with Gasteiger partial charge in [-0.15, -0.1) is 11.3 Å². The number of hydrogen-bond acceptors (Lipinski definition) is 6. The molecule has 0 saturated carbocycles. The van der Waals surface area contributed by atoms with Crippen molar-refractivity contribution in [1.82, 2.24) is 19.8 Å². The Balaban J connectivity index is 1.32. The van der Waals surface area contributed by atoms with Gasteiger partial charge in [0, 0.05) is 24.8 Å². The van der Waals surface area contributed by atoms with E-state index < -0.39 is 28.7 Å². The largest absolute Gasteiger partial charge is 0.450 e. The first-order valence-corrected chi connectivity index (χ1v) is 13.6. The number of nitrogens with one attached hydrogen (secondary N) is 1. The Labute approximate surface area is 225 Å². The molecule has 0 atom stereocenters. The van der Waals surface area contributed by atoms with Gasteiger partial charge < -0.3 is 19.5 Å². The number of halogens is 2. The standard InChI is InChI=1S/C29H22F2N4O3S/c30-19-14-17-25-27(24(19)31)38-22-13-16(29-33-20-5-1-2-6-23(20)39-29)7-8-21(22)35(25)15-18(26(17)36)28(37)32-9-12-34-10-3-4-11-34/h1-2,5-8,13-15H,3-4,9-12H2,(H,32,37). The van der Waals surface area contributed by atoms with Gasteiger partial charge in [-0.05, 0) is 62.3 Å².